The highest BCUT2D eigenvalue weighted by molar-refractivity contribution is 6.49. The zero-order chi connectivity index (χ0) is 80.4. The third-order valence-corrected chi connectivity index (χ3v) is 21.9. The first-order valence-electron chi connectivity index (χ1n) is 43.3. The molecule has 0 aliphatic carbocycles. The first-order chi connectivity index (χ1) is 54.5. The van der Waals surface area contributed by atoms with Gasteiger partial charge in [0.05, 0.1) is 45.4 Å². The number of fused-ring (bicyclic) bond motifs is 2. The molecule has 0 aliphatic heterocycles. The van der Waals surface area contributed by atoms with E-state index in [0.29, 0.717) is 69.1 Å². The predicted octanol–water partition coefficient (Wildman–Crippen LogP) is 24.5. The highest BCUT2D eigenvalue weighted by Gasteiger charge is 2.29. The molecule has 1 unspecified atom stereocenters. The van der Waals surface area contributed by atoms with Gasteiger partial charge >= 0.3 is 5.97 Å². The summed E-state index contributed by atoms with van der Waals surface area (Å²) in [6.45, 7) is 23.5. The minimum Gasteiger partial charge on any atom is -0.462 e. The van der Waals surface area contributed by atoms with Crippen LogP contribution in [0.2, 0.25) is 0 Å². The van der Waals surface area contributed by atoms with E-state index in [9.17, 15) is 24.0 Å². The van der Waals surface area contributed by atoms with Crippen LogP contribution in [0, 0.1) is 27.7 Å². The van der Waals surface area contributed by atoms with Crippen molar-refractivity contribution in [3.8, 4) is 0 Å². The minimum atomic E-state index is -0.520. The Labute approximate surface area is 671 Å². The van der Waals surface area contributed by atoms with Crippen LogP contribution in [0.3, 0.4) is 0 Å². The van der Waals surface area contributed by atoms with E-state index < -0.39 is 11.9 Å². The average molecular weight is 1530 g/mol. The fraction of sp³-hybridized carbons (Fsp3) is 0.531. The molecule has 2 amide bonds. The Balaban J connectivity index is 0.000000320. The standard InChI is InChI=1S/C54H79N5O4.C42H57N5O2/c1-7-10-12-14-16-18-20-21-23-25-27-31-39-63-54(62)44-35-34-42(4)49(41-44)57-52(60)50(55-47-37-36-45(40-43(47)5)58(6)9-3)51-56-48-33-29-28-32-46(48)53(61)59(51)38-30-26-24-22-19-17-15-13-11-8-2;1-7-10-12-14-15-17-24-33(23-16-13-11-8-2)47-40(44-38-27-21-19-25-35(38)42(47)49)39(41(48)45-36-26-20-18-22-31(36)4)43-37-29-28-34(30-32(37)5)46(6)9-3/h28-29,32-37,40-41H,7-27,30-31,38-39H2,1-6H3,(H,57,60);18-22,25-30,33H,7-17,23-24H2,1-6H3,(H,45,48). The Morgan fingerprint density at radius 3 is 1.30 bits per heavy atom. The molecule has 0 saturated heterocycles. The molecule has 2 N–H and O–H groups in total. The first-order valence-corrected chi connectivity index (χ1v) is 43.3. The number of anilines is 4. The first kappa shape index (κ1) is 90.1. The number of para-hydroxylation sites is 3. The molecule has 8 aromatic rings. The van der Waals surface area contributed by atoms with Crippen molar-refractivity contribution in [3.63, 3.8) is 0 Å². The Morgan fingerprint density at radius 2 is 0.821 bits per heavy atom. The second kappa shape index (κ2) is 50.1. The summed E-state index contributed by atoms with van der Waals surface area (Å²) >= 11 is 0. The lowest BCUT2D eigenvalue weighted by molar-refractivity contribution is -0.111. The molecule has 0 saturated carbocycles. The molecular weight excluding hydrogens is 1390 g/mol. The SMILES string of the molecule is CCCCCCCCC(CCCCCC)n1c(C(=Nc2ccc(N(C)CC)cc2C)C(=O)Nc2ccccc2C)nc2ccccc2c1=O.CCCCCCCCCCCCCCOC(=O)c1ccc(C)c(NC(=O)C(=Nc2ccc(N(C)CC)cc2C)c2nc3ccccc3c(=O)n2CCCCCCCCCCCC)c1. The van der Waals surface area contributed by atoms with Gasteiger partial charge in [0.25, 0.3) is 22.9 Å². The maximum absolute atomic E-state index is 14.7. The van der Waals surface area contributed by atoms with E-state index >= 15 is 0 Å². The van der Waals surface area contributed by atoms with Gasteiger partial charge < -0.3 is 25.2 Å². The quantitative estimate of drug-likeness (QED) is 0.0211. The lowest BCUT2D eigenvalue weighted by Crippen LogP contribution is -2.36. The van der Waals surface area contributed by atoms with Crippen molar-refractivity contribution in [2.24, 2.45) is 9.98 Å². The smallest absolute Gasteiger partial charge is 0.338 e. The third kappa shape index (κ3) is 28.5. The van der Waals surface area contributed by atoms with Crippen LogP contribution >= 0.6 is 0 Å². The number of hydrogen-bond donors (Lipinski definition) is 2. The lowest BCUT2D eigenvalue weighted by Gasteiger charge is -2.24. The van der Waals surface area contributed by atoms with Crippen molar-refractivity contribution in [2.75, 3.05) is 54.2 Å². The largest absolute Gasteiger partial charge is 0.462 e. The summed E-state index contributed by atoms with van der Waals surface area (Å²) in [5, 5.41) is 7.25. The van der Waals surface area contributed by atoms with Crippen LogP contribution in [0.25, 0.3) is 21.8 Å². The summed E-state index contributed by atoms with van der Waals surface area (Å²) in [4.78, 5) is 95.8. The number of aliphatic imine (C=N–C) groups is 2. The van der Waals surface area contributed by atoms with Crippen LogP contribution in [0.15, 0.2) is 147 Å². The van der Waals surface area contributed by atoms with E-state index in [2.05, 4.69) is 81.2 Å². The summed E-state index contributed by atoms with van der Waals surface area (Å²) in [6.07, 6.45) is 39.7. The number of esters is 1. The molecule has 0 bridgehead atoms. The number of nitrogens with one attached hydrogen (secondary N) is 2. The van der Waals surface area contributed by atoms with Crippen molar-refractivity contribution < 1.29 is 19.1 Å². The Hall–Kier alpha value is -9.05. The number of aryl methyl sites for hydroxylation is 4. The monoisotopic (exact) mass is 1530 g/mol. The highest BCUT2D eigenvalue weighted by atomic mass is 16.5. The van der Waals surface area contributed by atoms with Crippen LogP contribution < -0.4 is 31.6 Å². The Morgan fingerprint density at radius 1 is 0.420 bits per heavy atom. The van der Waals surface area contributed by atoms with E-state index in [4.69, 9.17) is 24.7 Å². The van der Waals surface area contributed by atoms with Crippen molar-refractivity contribution in [1.82, 2.24) is 19.1 Å². The molecule has 8 rings (SSSR count). The van der Waals surface area contributed by atoms with E-state index in [-0.39, 0.29) is 40.3 Å². The molecule has 1 atom stereocenters. The van der Waals surface area contributed by atoms with E-state index in [1.54, 1.807) is 28.8 Å². The van der Waals surface area contributed by atoms with Crippen molar-refractivity contribution in [2.45, 2.75) is 300 Å². The molecule has 16 heteroatoms. The van der Waals surface area contributed by atoms with E-state index in [0.717, 1.165) is 137 Å². The number of aromatic nitrogens is 4. The molecule has 606 valence electrons. The molecule has 0 fully saturated rings. The number of ether oxygens (including phenoxy) is 1. The van der Waals surface area contributed by atoms with Gasteiger partial charge in [-0.25, -0.2) is 24.7 Å². The lowest BCUT2D eigenvalue weighted by atomic mass is 9.99. The van der Waals surface area contributed by atoms with Gasteiger partial charge in [0.1, 0.15) is 0 Å². The van der Waals surface area contributed by atoms with Gasteiger partial charge in [-0.1, -0.05) is 269 Å². The van der Waals surface area contributed by atoms with Gasteiger partial charge in [-0.15, -0.1) is 0 Å². The third-order valence-electron chi connectivity index (χ3n) is 21.9. The number of amides is 2. The van der Waals surface area contributed by atoms with E-state index in [1.165, 1.54) is 128 Å². The van der Waals surface area contributed by atoms with Gasteiger partial charge in [0, 0.05) is 62.5 Å². The summed E-state index contributed by atoms with van der Waals surface area (Å²) in [5.41, 5.74) is 9.42. The number of nitrogens with zero attached hydrogens (tertiary/aromatic N) is 8. The van der Waals surface area contributed by atoms with Crippen LogP contribution in [-0.4, -0.2) is 82.1 Å². The fourth-order valence-corrected chi connectivity index (χ4v) is 14.5. The van der Waals surface area contributed by atoms with Gasteiger partial charge in [-0.05, 0) is 168 Å². The zero-order valence-corrected chi connectivity index (χ0v) is 70.6. The Bertz CT molecular complexity index is 4400. The van der Waals surface area contributed by atoms with Crippen LogP contribution in [0.5, 0.6) is 0 Å². The number of carbonyl (C=O) groups excluding carboxylic acids is 3. The van der Waals surface area contributed by atoms with E-state index in [1.807, 2.05) is 130 Å². The molecule has 0 aliphatic rings. The fourth-order valence-electron chi connectivity index (χ4n) is 14.5. The maximum Gasteiger partial charge on any atom is 0.338 e. The molecule has 2 aromatic heterocycles. The summed E-state index contributed by atoms with van der Waals surface area (Å²) in [6, 6.07) is 39.6. The van der Waals surface area contributed by atoms with Crippen molar-refractivity contribution in [3.05, 3.63) is 188 Å². The van der Waals surface area contributed by atoms with Gasteiger partial charge in [-0.2, -0.15) is 0 Å². The molecule has 16 nitrogen and oxygen atoms in total. The molecule has 0 radical (unpaired) electrons. The summed E-state index contributed by atoms with van der Waals surface area (Å²) < 4.78 is 9.15. The molecular formula is C96H136N10O6. The Kier molecular flexibility index (Phi) is 40.4. The number of unbranched alkanes of at least 4 members (excludes halogenated alkanes) is 28. The van der Waals surface area contributed by atoms with Crippen LogP contribution in [0.4, 0.5) is 34.1 Å². The number of benzene rings is 6. The number of carbonyl (C=O) groups is 3. The van der Waals surface area contributed by atoms with Gasteiger partial charge in [-0.3, -0.25) is 28.3 Å². The predicted molar refractivity (Wildman–Crippen MR) is 473 cm³/mol. The minimum absolute atomic E-state index is 0.0315. The maximum atomic E-state index is 14.7. The normalized spacial score (nSPS) is 11.9. The van der Waals surface area contributed by atoms with Crippen molar-refractivity contribution >= 4 is 85.1 Å². The molecule has 2 heterocycles. The molecule has 6 aromatic carbocycles. The molecule has 112 heavy (non-hydrogen) atoms. The van der Waals surface area contributed by atoms with Crippen molar-refractivity contribution in [1.29, 1.82) is 0 Å². The number of rotatable bonds is 50. The highest BCUT2D eigenvalue weighted by Crippen LogP contribution is 2.31. The average Bonchev–Trinajstić information content (AvgIpc) is 0.782. The topological polar surface area (TPSA) is 185 Å². The number of hydrogen-bond acceptors (Lipinski definition) is 12. The second-order valence-corrected chi connectivity index (χ2v) is 30.9. The zero-order valence-electron chi connectivity index (χ0n) is 70.6. The molecule has 0 spiro atoms. The summed E-state index contributed by atoms with van der Waals surface area (Å²) in [7, 11) is 4.09. The van der Waals surface area contributed by atoms with Gasteiger partial charge in [0.15, 0.2) is 23.1 Å². The van der Waals surface area contributed by atoms with Gasteiger partial charge in [0.2, 0.25) is 0 Å². The van der Waals surface area contributed by atoms with Crippen LogP contribution in [0.1, 0.15) is 310 Å². The second-order valence-electron chi connectivity index (χ2n) is 30.9. The van der Waals surface area contributed by atoms with Crippen LogP contribution in [-0.2, 0) is 20.9 Å². The summed E-state index contributed by atoms with van der Waals surface area (Å²) in [5.74, 6) is -0.777.